The molecule has 3 aliphatic rings. The molecule has 0 radical (unpaired) electrons. The molecule has 0 saturated carbocycles. The fourth-order valence-electron chi connectivity index (χ4n) is 5.71. The van der Waals surface area contributed by atoms with Crippen LogP contribution in [0.5, 0.6) is 5.75 Å². The van der Waals surface area contributed by atoms with E-state index in [1.807, 2.05) is 35.2 Å². The third-order valence-electron chi connectivity index (χ3n) is 7.99. The molecule has 9 heteroatoms. The lowest BCUT2D eigenvalue weighted by Gasteiger charge is -2.38. The molecule has 0 unspecified atom stereocenters. The Balaban J connectivity index is 1.05. The molecule has 2 aromatic carbocycles. The highest BCUT2D eigenvalue weighted by molar-refractivity contribution is 5.89. The van der Waals surface area contributed by atoms with Crippen LogP contribution in [0.1, 0.15) is 44.2 Å². The van der Waals surface area contributed by atoms with E-state index >= 15 is 0 Å². The first-order valence-electron chi connectivity index (χ1n) is 13.6. The minimum absolute atomic E-state index is 0.0242. The van der Waals surface area contributed by atoms with E-state index in [9.17, 15) is 9.59 Å². The number of ether oxygens (including phenoxy) is 1. The number of nitrogens with zero attached hydrogens (tertiary/aromatic N) is 5. The first-order chi connectivity index (χ1) is 18.5. The summed E-state index contributed by atoms with van der Waals surface area (Å²) in [5.41, 5.74) is 3.94. The van der Waals surface area contributed by atoms with Gasteiger partial charge in [0.2, 0.25) is 5.91 Å². The largest absolute Gasteiger partial charge is 0.487 e. The van der Waals surface area contributed by atoms with Crippen molar-refractivity contribution in [1.29, 1.82) is 0 Å². The first kappa shape index (κ1) is 24.5. The maximum Gasteiger partial charge on any atom is 0.321 e. The van der Waals surface area contributed by atoms with E-state index in [0.29, 0.717) is 26.2 Å². The van der Waals surface area contributed by atoms with Gasteiger partial charge in [0.1, 0.15) is 18.2 Å². The predicted octanol–water partition coefficient (Wildman–Crippen LogP) is 4.25. The molecule has 198 valence electrons. The van der Waals surface area contributed by atoms with Crippen molar-refractivity contribution < 1.29 is 14.3 Å². The molecule has 3 aliphatic heterocycles. The van der Waals surface area contributed by atoms with E-state index in [-0.39, 0.29) is 24.0 Å². The van der Waals surface area contributed by atoms with Crippen LogP contribution in [-0.4, -0.2) is 77.1 Å². The number of carbonyl (C=O) groups is 2. The summed E-state index contributed by atoms with van der Waals surface area (Å²) < 4.78 is 6.04. The smallest absolute Gasteiger partial charge is 0.321 e. The zero-order chi connectivity index (χ0) is 26.1. The van der Waals surface area contributed by atoms with E-state index in [0.717, 1.165) is 54.0 Å². The van der Waals surface area contributed by atoms with Gasteiger partial charge < -0.3 is 24.8 Å². The van der Waals surface area contributed by atoms with E-state index in [2.05, 4.69) is 32.3 Å². The number of hydrogen-bond donors (Lipinski definition) is 1. The number of carbonyl (C=O) groups excluding carboxylic acids is 2. The maximum absolute atomic E-state index is 12.9. The SMILES string of the molecule is CC(=O)N1CC(Oc2ccc3c(C4CCN(C(=O)Nc5ccc(N6CCCC6)cc5)CC4)ncnc3c2)C1. The van der Waals surface area contributed by atoms with E-state index in [4.69, 9.17) is 4.74 Å². The van der Waals surface area contributed by atoms with Gasteiger partial charge in [0.05, 0.1) is 24.3 Å². The summed E-state index contributed by atoms with van der Waals surface area (Å²) in [6.07, 6.45) is 5.85. The van der Waals surface area contributed by atoms with Crippen molar-refractivity contribution in [2.45, 2.75) is 44.6 Å². The highest BCUT2D eigenvalue weighted by Gasteiger charge is 2.30. The van der Waals surface area contributed by atoms with Gasteiger partial charge in [0.25, 0.3) is 0 Å². The summed E-state index contributed by atoms with van der Waals surface area (Å²) in [5.74, 6) is 1.11. The third-order valence-corrected chi connectivity index (χ3v) is 7.99. The van der Waals surface area contributed by atoms with Crippen molar-refractivity contribution in [3.63, 3.8) is 0 Å². The number of urea groups is 1. The van der Waals surface area contributed by atoms with Crippen LogP contribution in [0.2, 0.25) is 0 Å². The Morgan fingerprint density at radius 1 is 0.921 bits per heavy atom. The number of rotatable bonds is 5. The first-order valence-corrected chi connectivity index (χ1v) is 13.6. The van der Waals surface area contributed by atoms with Crippen molar-refractivity contribution in [3.05, 3.63) is 54.5 Å². The van der Waals surface area contributed by atoms with Crippen molar-refractivity contribution in [3.8, 4) is 5.75 Å². The van der Waals surface area contributed by atoms with Crippen LogP contribution < -0.4 is 15.0 Å². The highest BCUT2D eigenvalue weighted by atomic mass is 16.5. The summed E-state index contributed by atoms with van der Waals surface area (Å²) in [7, 11) is 0. The van der Waals surface area contributed by atoms with E-state index in [1.165, 1.54) is 18.5 Å². The Bertz CT molecular complexity index is 1310. The topological polar surface area (TPSA) is 90.9 Å². The molecule has 9 nitrogen and oxygen atoms in total. The molecule has 3 saturated heterocycles. The van der Waals surface area contributed by atoms with Gasteiger partial charge in [-0.15, -0.1) is 0 Å². The second-order valence-corrected chi connectivity index (χ2v) is 10.5. The number of fused-ring (bicyclic) bond motifs is 1. The Labute approximate surface area is 222 Å². The van der Waals surface area contributed by atoms with Crippen LogP contribution in [0.4, 0.5) is 16.2 Å². The number of nitrogens with one attached hydrogen (secondary N) is 1. The molecule has 1 aromatic heterocycles. The summed E-state index contributed by atoms with van der Waals surface area (Å²) in [6, 6.07) is 14.1. The summed E-state index contributed by atoms with van der Waals surface area (Å²) in [5, 5.41) is 4.09. The number of aromatic nitrogens is 2. The third kappa shape index (κ3) is 5.10. The van der Waals surface area contributed by atoms with Crippen molar-refractivity contribution in [1.82, 2.24) is 19.8 Å². The molecule has 0 atom stereocenters. The second-order valence-electron chi connectivity index (χ2n) is 10.5. The van der Waals surface area contributed by atoms with Crippen molar-refractivity contribution in [2.24, 2.45) is 0 Å². The van der Waals surface area contributed by atoms with Crippen LogP contribution >= 0.6 is 0 Å². The molecule has 3 amide bonds. The Kier molecular flexibility index (Phi) is 6.74. The van der Waals surface area contributed by atoms with Crippen LogP contribution in [0.3, 0.4) is 0 Å². The van der Waals surface area contributed by atoms with E-state index in [1.54, 1.807) is 18.2 Å². The Hall–Kier alpha value is -3.88. The number of anilines is 2. The van der Waals surface area contributed by atoms with Crippen LogP contribution in [0.25, 0.3) is 10.9 Å². The summed E-state index contributed by atoms with van der Waals surface area (Å²) >= 11 is 0. The van der Waals surface area contributed by atoms with Gasteiger partial charge >= 0.3 is 6.03 Å². The summed E-state index contributed by atoms with van der Waals surface area (Å²) in [6.45, 7) is 6.41. The van der Waals surface area contributed by atoms with Gasteiger partial charge in [-0.05, 0) is 62.1 Å². The summed E-state index contributed by atoms with van der Waals surface area (Å²) in [4.78, 5) is 39.5. The standard InChI is InChI=1S/C29H34N6O3/c1-20(36)35-17-25(18-35)38-24-8-9-26-27(16-24)30-19-31-28(26)21-10-14-34(15-11-21)29(37)32-22-4-6-23(7-5-22)33-12-2-3-13-33/h4-9,16,19,21,25H,2-3,10-15,17-18H2,1H3,(H,32,37). The molecule has 0 spiro atoms. The minimum Gasteiger partial charge on any atom is -0.487 e. The van der Waals surface area contributed by atoms with Crippen molar-refractivity contribution >= 4 is 34.2 Å². The van der Waals surface area contributed by atoms with Gasteiger partial charge in [0, 0.05) is 61.8 Å². The maximum atomic E-state index is 12.9. The van der Waals surface area contributed by atoms with Crippen LogP contribution in [-0.2, 0) is 4.79 Å². The Morgan fingerprint density at radius 3 is 2.37 bits per heavy atom. The molecule has 1 N–H and O–H groups in total. The molecule has 3 aromatic rings. The lowest BCUT2D eigenvalue weighted by atomic mass is 9.91. The normalized spacial score (nSPS) is 18.5. The average Bonchev–Trinajstić information content (AvgIpc) is 3.45. The monoisotopic (exact) mass is 514 g/mol. The molecule has 4 heterocycles. The molecular formula is C29H34N6O3. The molecule has 0 aliphatic carbocycles. The fraction of sp³-hybridized carbons (Fsp3) is 0.448. The fourth-order valence-corrected chi connectivity index (χ4v) is 5.71. The highest BCUT2D eigenvalue weighted by Crippen LogP contribution is 2.33. The van der Waals surface area contributed by atoms with Crippen LogP contribution in [0.15, 0.2) is 48.8 Å². The zero-order valence-corrected chi connectivity index (χ0v) is 21.8. The predicted molar refractivity (Wildman–Crippen MR) is 147 cm³/mol. The molecule has 3 fully saturated rings. The quantitative estimate of drug-likeness (QED) is 0.548. The number of benzene rings is 2. The number of hydrogen-bond acceptors (Lipinski definition) is 6. The van der Waals surface area contributed by atoms with Gasteiger partial charge in [-0.25, -0.2) is 14.8 Å². The molecule has 38 heavy (non-hydrogen) atoms. The molecule has 6 rings (SSSR count). The second kappa shape index (κ2) is 10.5. The van der Waals surface area contributed by atoms with Gasteiger partial charge in [-0.2, -0.15) is 0 Å². The Morgan fingerprint density at radius 2 is 1.66 bits per heavy atom. The lowest BCUT2D eigenvalue weighted by molar-refractivity contribution is -0.137. The molecular weight excluding hydrogens is 480 g/mol. The zero-order valence-electron chi connectivity index (χ0n) is 21.8. The van der Waals surface area contributed by atoms with E-state index < -0.39 is 0 Å². The van der Waals surface area contributed by atoms with Gasteiger partial charge in [0.15, 0.2) is 0 Å². The number of amides is 3. The van der Waals surface area contributed by atoms with Crippen molar-refractivity contribution in [2.75, 3.05) is 49.5 Å². The molecule has 0 bridgehead atoms. The minimum atomic E-state index is -0.0500. The average molecular weight is 515 g/mol. The van der Waals surface area contributed by atoms with Gasteiger partial charge in [-0.3, -0.25) is 4.79 Å². The van der Waals surface area contributed by atoms with Gasteiger partial charge in [-0.1, -0.05) is 0 Å². The number of likely N-dealkylation sites (tertiary alicyclic amines) is 2. The number of piperidine rings is 1. The van der Waals surface area contributed by atoms with Crippen LogP contribution in [0, 0.1) is 0 Å². The lowest BCUT2D eigenvalue weighted by Crippen LogP contribution is -2.55.